The Balaban J connectivity index is 2.04. The van der Waals surface area contributed by atoms with Crippen molar-refractivity contribution in [3.05, 3.63) is 43.0 Å². The summed E-state index contributed by atoms with van der Waals surface area (Å²) in [5.41, 5.74) is 8.07. The molecule has 2 rings (SSSR count). The fourth-order valence-electron chi connectivity index (χ4n) is 3.18. The lowest BCUT2D eigenvalue weighted by molar-refractivity contribution is -0.00772. The molecule has 8 heteroatoms. The highest BCUT2D eigenvalue weighted by atomic mass is 16.5. The third-order valence-electron chi connectivity index (χ3n) is 4.56. The number of aromatic nitrogens is 2. The minimum Gasteiger partial charge on any atom is -0.354 e. The molecule has 2 heterocycles. The van der Waals surface area contributed by atoms with Crippen LogP contribution in [0.5, 0.6) is 0 Å². The second-order valence-corrected chi connectivity index (χ2v) is 6.34. The molecule has 1 aromatic heterocycles. The Morgan fingerprint density at radius 2 is 2.21 bits per heavy atom. The van der Waals surface area contributed by atoms with E-state index in [1.807, 2.05) is 0 Å². The van der Waals surface area contributed by atoms with E-state index in [0.717, 1.165) is 32.1 Å². The lowest BCUT2D eigenvalue weighted by Gasteiger charge is -2.16. The van der Waals surface area contributed by atoms with Crippen LogP contribution in [0.4, 0.5) is 0 Å². The van der Waals surface area contributed by atoms with Crippen LogP contribution in [0.1, 0.15) is 57.7 Å². The predicted octanol–water partition coefficient (Wildman–Crippen LogP) is 2.89. The summed E-state index contributed by atoms with van der Waals surface area (Å²) < 4.78 is 7.47. The van der Waals surface area contributed by atoms with Gasteiger partial charge in [0.1, 0.15) is 6.23 Å². The summed E-state index contributed by atoms with van der Waals surface area (Å²) in [7, 11) is 0. The standard InChI is InChI=1S/C16H25N5O3/c1-3-13-11(2)9-14(24-13)21-10-12(15(22)19-16(21)23)7-5-4-6-8-18-20-17/h10-11,13-14H,3-9H2,1-2H3,(H,19,22,23)/t11-,13-,14-/m1/s1. The van der Waals surface area contributed by atoms with E-state index in [-0.39, 0.29) is 17.9 Å². The molecule has 0 radical (unpaired) electrons. The number of H-pyrrole nitrogens is 1. The number of azide groups is 1. The quantitative estimate of drug-likeness (QED) is 0.341. The lowest BCUT2D eigenvalue weighted by Crippen LogP contribution is -2.34. The average Bonchev–Trinajstić information content (AvgIpc) is 2.93. The van der Waals surface area contributed by atoms with Crippen LogP contribution in [0.3, 0.4) is 0 Å². The van der Waals surface area contributed by atoms with Gasteiger partial charge in [0, 0.05) is 23.2 Å². The number of unbranched alkanes of at least 4 members (excludes halogenated alkanes) is 2. The molecule has 1 fully saturated rings. The van der Waals surface area contributed by atoms with Crippen LogP contribution in [0.2, 0.25) is 0 Å². The Morgan fingerprint density at radius 1 is 1.42 bits per heavy atom. The van der Waals surface area contributed by atoms with Crippen molar-refractivity contribution in [3.8, 4) is 0 Å². The molecule has 1 aliphatic rings. The number of ether oxygens (including phenoxy) is 1. The molecule has 1 N–H and O–H groups in total. The lowest BCUT2D eigenvalue weighted by atomic mass is 10.0. The molecule has 0 amide bonds. The highest BCUT2D eigenvalue weighted by molar-refractivity contribution is 5.05. The Morgan fingerprint density at radius 3 is 2.88 bits per heavy atom. The molecule has 3 atom stereocenters. The van der Waals surface area contributed by atoms with E-state index in [0.29, 0.717) is 24.4 Å². The molecule has 24 heavy (non-hydrogen) atoms. The average molecular weight is 335 g/mol. The first-order chi connectivity index (χ1) is 11.6. The van der Waals surface area contributed by atoms with E-state index >= 15 is 0 Å². The summed E-state index contributed by atoms with van der Waals surface area (Å²) >= 11 is 0. The van der Waals surface area contributed by atoms with Gasteiger partial charge in [-0.2, -0.15) is 0 Å². The minimum atomic E-state index is -0.416. The first-order valence-electron chi connectivity index (χ1n) is 8.57. The van der Waals surface area contributed by atoms with E-state index < -0.39 is 5.69 Å². The number of rotatable bonds is 8. The maximum Gasteiger partial charge on any atom is 0.330 e. The monoisotopic (exact) mass is 335 g/mol. The molecule has 0 aliphatic carbocycles. The summed E-state index contributed by atoms with van der Waals surface area (Å²) in [6, 6.07) is 0. The zero-order chi connectivity index (χ0) is 17.5. The Hall–Kier alpha value is -2.05. The normalized spacial score (nSPS) is 23.2. The predicted molar refractivity (Wildman–Crippen MR) is 90.9 cm³/mol. The second kappa shape index (κ2) is 8.70. The summed E-state index contributed by atoms with van der Waals surface area (Å²) in [6.45, 7) is 4.66. The number of hydrogen-bond acceptors (Lipinski definition) is 4. The number of nitrogens with one attached hydrogen (secondary N) is 1. The van der Waals surface area contributed by atoms with Gasteiger partial charge in [0.25, 0.3) is 5.56 Å². The zero-order valence-electron chi connectivity index (χ0n) is 14.3. The van der Waals surface area contributed by atoms with Gasteiger partial charge in [-0.1, -0.05) is 25.4 Å². The topological polar surface area (TPSA) is 113 Å². The van der Waals surface area contributed by atoms with Crippen molar-refractivity contribution in [3.63, 3.8) is 0 Å². The van der Waals surface area contributed by atoms with Crippen molar-refractivity contribution in [2.45, 2.75) is 64.7 Å². The third kappa shape index (κ3) is 4.49. The van der Waals surface area contributed by atoms with E-state index in [2.05, 4.69) is 28.9 Å². The molecule has 132 valence electrons. The first-order valence-corrected chi connectivity index (χ1v) is 8.57. The van der Waals surface area contributed by atoms with Crippen LogP contribution in [-0.4, -0.2) is 22.2 Å². The van der Waals surface area contributed by atoms with Gasteiger partial charge in [-0.05, 0) is 43.6 Å². The molecule has 1 aromatic rings. The number of nitrogens with zero attached hydrogens (tertiary/aromatic N) is 4. The molecule has 1 saturated heterocycles. The highest BCUT2D eigenvalue weighted by Gasteiger charge is 2.32. The van der Waals surface area contributed by atoms with Gasteiger partial charge in [-0.15, -0.1) is 0 Å². The summed E-state index contributed by atoms with van der Waals surface area (Å²) in [4.78, 5) is 29.2. The Kier molecular flexibility index (Phi) is 6.63. The molecular formula is C16H25N5O3. The summed E-state index contributed by atoms with van der Waals surface area (Å²) in [6.07, 6.45) is 6.23. The van der Waals surface area contributed by atoms with Gasteiger partial charge < -0.3 is 4.74 Å². The molecule has 0 bridgehead atoms. The first kappa shape index (κ1) is 18.3. The minimum absolute atomic E-state index is 0.151. The zero-order valence-corrected chi connectivity index (χ0v) is 14.3. The number of aromatic amines is 1. The maximum absolute atomic E-state index is 12.1. The van der Waals surface area contributed by atoms with E-state index in [9.17, 15) is 9.59 Å². The maximum atomic E-state index is 12.1. The van der Waals surface area contributed by atoms with Crippen LogP contribution in [-0.2, 0) is 11.2 Å². The van der Waals surface area contributed by atoms with Crippen LogP contribution in [0, 0.1) is 5.92 Å². The van der Waals surface area contributed by atoms with Gasteiger partial charge in [0.15, 0.2) is 0 Å². The molecule has 0 unspecified atom stereocenters. The van der Waals surface area contributed by atoms with Crippen LogP contribution in [0.15, 0.2) is 20.9 Å². The molecule has 0 spiro atoms. The highest BCUT2D eigenvalue weighted by Crippen LogP contribution is 2.33. The molecule has 8 nitrogen and oxygen atoms in total. The van der Waals surface area contributed by atoms with Crippen LogP contribution < -0.4 is 11.2 Å². The van der Waals surface area contributed by atoms with Crippen molar-refractivity contribution in [2.75, 3.05) is 6.54 Å². The van der Waals surface area contributed by atoms with Crippen LogP contribution >= 0.6 is 0 Å². The van der Waals surface area contributed by atoms with Gasteiger partial charge >= 0.3 is 5.69 Å². The molecule has 0 aromatic carbocycles. The van der Waals surface area contributed by atoms with E-state index in [1.165, 1.54) is 4.57 Å². The number of aryl methyl sites for hydroxylation is 1. The smallest absolute Gasteiger partial charge is 0.330 e. The van der Waals surface area contributed by atoms with Gasteiger partial charge in [0.2, 0.25) is 0 Å². The summed E-state index contributed by atoms with van der Waals surface area (Å²) in [5.74, 6) is 0.392. The fourth-order valence-corrected chi connectivity index (χ4v) is 3.18. The van der Waals surface area contributed by atoms with Crippen molar-refractivity contribution in [1.29, 1.82) is 0 Å². The van der Waals surface area contributed by atoms with E-state index in [1.54, 1.807) is 6.20 Å². The largest absolute Gasteiger partial charge is 0.354 e. The Labute approximate surface area is 140 Å². The Bertz CT molecular complexity index is 704. The second-order valence-electron chi connectivity index (χ2n) is 6.34. The third-order valence-corrected chi connectivity index (χ3v) is 4.56. The molecular weight excluding hydrogens is 310 g/mol. The molecule has 0 saturated carbocycles. The van der Waals surface area contributed by atoms with Crippen molar-refractivity contribution in [2.24, 2.45) is 11.0 Å². The van der Waals surface area contributed by atoms with Crippen LogP contribution in [0.25, 0.3) is 10.4 Å². The summed E-state index contributed by atoms with van der Waals surface area (Å²) in [5, 5.41) is 3.48. The van der Waals surface area contributed by atoms with Crippen molar-refractivity contribution >= 4 is 0 Å². The van der Waals surface area contributed by atoms with Crippen molar-refractivity contribution in [1.82, 2.24) is 9.55 Å². The van der Waals surface area contributed by atoms with Gasteiger partial charge in [0.05, 0.1) is 6.10 Å². The molecule has 1 aliphatic heterocycles. The van der Waals surface area contributed by atoms with E-state index in [4.69, 9.17) is 10.3 Å². The van der Waals surface area contributed by atoms with Crippen molar-refractivity contribution < 1.29 is 4.74 Å². The number of hydrogen-bond donors (Lipinski definition) is 1. The SMILES string of the molecule is CC[C@H]1O[C@@H](n2cc(CCCCCN=[N+]=[N-])c(=O)[nH]c2=O)C[C@H]1C. The fraction of sp³-hybridized carbons (Fsp3) is 0.750. The van der Waals surface area contributed by atoms with Gasteiger partial charge in [-0.3, -0.25) is 14.3 Å². The van der Waals surface area contributed by atoms with Gasteiger partial charge in [-0.25, -0.2) is 4.79 Å².